The Morgan fingerprint density at radius 2 is 2.00 bits per heavy atom. The molecule has 0 amide bonds. The summed E-state index contributed by atoms with van der Waals surface area (Å²) in [5.74, 6) is 0. The van der Waals surface area contributed by atoms with Gasteiger partial charge in [0.2, 0.25) is 0 Å². The first-order chi connectivity index (χ1) is 8.74. The summed E-state index contributed by atoms with van der Waals surface area (Å²) in [6.45, 7) is 8.15. The summed E-state index contributed by atoms with van der Waals surface area (Å²) in [4.78, 5) is 0. The Labute approximate surface area is 111 Å². The molecule has 0 aliphatic heterocycles. The molecule has 0 radical (unpaired) electrons. The summed E-state index contributed by atoms with van der Waals surface area (Å²) in [5, 5.41) is 8.11. The second kappa shape index (κ2) is 8.27. The third-order valence-corrected chi connectivity index (χ3v) is 3.41. The molecule has 18 heavy (non-hydrogen) atoms. The second-order valence-electron chi connectivity index (χ2n) is 4.70. The highest BCUT2D eigenvalue weighted by Crippen LogP contribution is 2.14. The van der Waals surface area contributed by atoms with Crippen molar-refractivity contribution in [2.75, 3.05) is 13.7 Å². The molecule has 0 saturated carbocycles. The van der Waals surface area contributed by atoms with E-state index in [9.17, 15) is 0 Å². The Morgan fingerprint density at radius 3 is 2.56 bits per heavy atom. The molecule has 1 N–H and O–H groups in total. The molecule has 1 atom stereocenters. The molecule has 1 aromatic rings. The topological polar surface area (TPSA) is 39.1 Å². The first-order valence-corrected chi connectivity index (χ1v) is 7.01. The molecule has 0 fully saturated rings. The average molecular weight is 253 g/mol. The average Bonchev–Trinajstić information content (AvgIpc) is 2.85. The maximum Gasteiger partial charge on any atom is 0.0762 e. The summed E-state index contributed by atoms with van der Waals surface area (Å²) in [5.41, 5.74) is 1.11. The Bertz CT molecular complexity index is 321. The first kappa shape index (κ1) is 15.2. The quantitative estimate of drug-likeness (QED) is 0.735. The zero-order chi connectivity index (χ0) is 13.4. The van der Waals surface area contributed by atoms with Crippen LogP contribution in [0.25, 0.3) is 0 Å². The van der Waals surface area contributed by atoms with E-state index in [1.54, 1.807) is 7.11 Å². The predicted molar refractivity (Wildman–Crippen MR) is 74.6 cm³/mol. The van der Waals surface area contributed by atoms with Gasteiger partial charge in [0.25, 0.3) is 0 Å². The van der Waals surface area contributed by atoms with Crippen molar-refractivity contribution in [2.24, 2.45) is 0 Å². The van der Waals surface area contributed by atoms with Crippen LogP contribution in [0.15, 0.2) is 12.3 Å². The van der Waals surface area contributed by atoms with Crippen LogP contribution in [0.4, 0.5) is 0 Å². The van der Waals surface area contributed by atoms with E-state index in [2.05, 4.69) is 48.1 Å². The van der Waals surface area contributed by atoms with E-state index in [0.29, 0.717) is 12.1 Å². The van der Waals surface area contributed by atoms with Crippen LogP contribution in [0.3, 0.4) is 0 Å². The number of rotatable bonds is 9. The van der Waals surface area contributed by atoms with Crippen molar-refractivity contribution in [1.82, 2.24) is 15.1 Å². The summed E-state index contributed by atoms with van der Waals surface area (Å²) in [7, 11) is 1.74. The van der Waals surface area contributed by atoms with Crippen LogP contribution in [0.1, 0.15) is 51.8 Å². The van der Waals surface area contributed by atoms with Gasteiger partial charge in [-0.05, 0) is 25.3 Å². The van der Waals surface area contributed by atoms with Gasteiger partial charge in [0.05, 0.1) is 18.3 Å². The van der Waals surface area contributed by atoms with Gasteiger partial charge >= 0.3 is 0 Å². The van der Waals surface area contributed by atoms with Crippen LogP contribution < -0.4 is 5.32 Å². The fourth-order valence-electron chi connectivity index (χ4n) is 2.11. The molecule has 0 saturated heterocycles. The summed E-state index contributed by atoms with van der Waals surface area (Å²) in [6, 6.07) is 3.04. The van der Waals surface area contributed by atoms with Crippen molar-refractivity contribution in [3.05, 3.63) is 18.0 Å². The van der Waals surface area contributed by atoms with Gasteiger partial charge < -0.3 is 10.1 Å². The van der Waals surface area contributed by atoms with Gasteiger partial charge in [0, 0.05) is 25.9 Å². The molecular formula is C14H27N3O. The van der Waals surface area contributed by atoms with Crippen LogP contribution in [0.5, 0.6) is 0 Å². The number of nitrogens with zero attached hydrogens (tertiary/aromatic N) is 2. The van der Waals surface area contributed by atoms with Crippen molar-refractivity contribution < 1.29 is 4.74 Å². The van der Waals surface area contributed by atoms with Gasteiger partial charge in [-0.1, -0.05) is 20.8 Å². The molecule has 1 heterocycles. The van der Waals surface area contributed by atoms with Crippen LogP contribution in [0, 0.1) is 0 Å². The van der Waals surface area contributed by atoms with Crippen molar-refractivity contribution in [1.29, 1.82) is 0 Å². The summed E-state index contributed by atoms with van der Waals surface area (Å²) in [6.07, 6.45) is 5.42. The Balaban J connectivity index is 2.48. The van der Waals surface area contributed by atoms with Gasteiger partial charge in [-0.3, -0.25) is 4.68 Å². The third-order valence-electron chi connectivity index (χ3n) is 3.41. The van der Waals surface area contributed by atoms with Gasteiger partial charge in [-0.25, -0.2) is 0 Å². The van der Waals surface area contributed by atoms with Gasteiger partial charge in [0.1, 0.15) is 0 Å². The molecule has 104 valence electrons. The van der Waals surface area contributed by atoms with E-state index in [1.165, 1.54) is 0 Å². The largest absolute Gasteiger partial charge is 0.383 e. The number of methoxy groups -OCH3 is 1. The summed E-state index contributed by atoms with van der Waals surface area (Å²) < 4.78 is 7.26. The molecular weight excluding hydrogens is 226 g/mol. The molecule has 4 nitrogen and oxygen atoms in total. The monoisotopic (exact) mass is 253 g/mol. The number of aromatic nitrogens is 2. The standard InChI is InChI=1S/C14H27N3O/c1-5-12(11-18-4)15-10-13-8-9-17(16-13)14(6-2)7-3/h8-9,12,14-15H,5-7,10-11H2,1-4H3. The third kappa shape index (κ3) is 4.42. The number of ether oxygens (including phenoxy) is 1. The lowest BCUT2D eigenvalue weighted by atomic mass is 10.2. The van der Waals surface area contributed by atoms with E-state index in [1.807, 2.05) is 0 Å². The lowest BCUT2D eigenvalue weighted by Crippen LogP contribution is -2.32. The van der Waals surface area contributed by atoms with Gasteiger partial charge in [-0.15, -0.1) is 0 Å². The van der Waals surface area contributed by atoms with Crippen LogP contribution in [-0.4, -0.2) is 29.5 Å². The molecule has 0 bridgehead atoms. The zero-order valence-electron chi connectivity index (χ0n) is 12.1. The normalized spacial score (nSPS) is 13.2. The molecule has 0 aromatic carbocycles. The van der Waals surface area contributed by atoms with Crippen LogP contribution in [-0.2, 0) is 11.3 Å². The maximum atomic E-state index is 5.17. The number of hydrogen-bond acceptors (Lipinski definition) is 3. The highest BCUT2D eigenvalue weighted by molar-refractivity contribution is 4.99. The highest BCUT2D eigenvalue weighted by atomic mass is 16.5. The van der Waals surface area contributed by atoms with Crippen LogP contribution in [0.2, 0.25) is 0 Å². The van der Waals surface area contributed by atoms with Gasteiger partial charge in [0.15, 0.2) is 0 Å². The molecule has 4 heteroatoms. The fourth-order valence-corrected chi connectivity index (χ4v) is 2.11. The molecule has 0 aliphatic carbocycles. The fraction of sp³-hybridized carbons (Fsp3) is 0.786. The van der Waals surface area contributed by atoms with Crippen molar-refractivity contribution in [3.63, 3.8) is 0 Å². The first-order valence-electron chi connectivity index (χ1n) is 7.01. The molecule has 0 spiro atoms. The summed E-state index contributed by atoms with van der Waals surface area (Å²) >= 11 is 0. The lowest BCUT2D eigenvalue weighted by molar-refractivity contribution is 0.163. The molecule has 1 rings (SSSR count). The molecule has 1 aromatic heterocycles. The Hall–Kier alpha value is -0.870. The van der Waals surface area contributed by atoms with Gasteiger partial charge in [-0.2, -0.15) is 5.10 Å². The molecule has 0 aliphatic rings. The van der Waals surface area contributed by atoms with E-state index in [0.717, 1.165) is 38.1 Å². The lowest BCUT2D eigenvalue weighted by Gasteiger charge is -2.15. The minimum absolute atomic E-state index is 0.410. The van der Waals surface area contributed by atoms with Crippen LogP contribution >= 0.6 is 0 Å². The van der Waals surface area contributed by atoms with E-state index >= 15 is 0 Å². The number of hydrogen-bond donors (Lipinski definition) is 1. The van der Waals surface area contributed by atoms with E-state index < -0.39 is 0 Å². The van der Waals surface area contributed by atoms with E-state index in [-0.39, 0.29) is 0 Å². The van der Waals surface area contributed by atoms with Crippen molar-refractivity contribution in [3.8, 4) is 0 Å². The minimum Gasteiger partial charge on any atom is -0.383 e. The maximum absolute atomic E-state index is 5.17. The highest BCUT2D eigenvalue weighted by Gasteiger charge is 2.09. The SMILES string of the molecule is CCC(COC)NCc1ccn(C(CC)CC)n1. The predicted octanol–water partition coefficient (Wildman–Crippen LogP) is 2.76. The minimum atomic E-state index is 0.410. The van der Waals surface area contributed by atoms with Crippen molar-refractivity contribution in [2.45, 2.75) is 58.7 Å². The number of nitrogens with one attached hydrogen (secondary N) is 1. The zero-order valence-corrected chi connectivity index (χ0v) is 12.1. The van der Waals surface area contributed by atoms with E-state index in [4.69, 9.17) is 4.74 Å². The Morgan fingerprint density at radius 1 is 1.28 bits per heavy atom. The Kier molecular flexibility index (Phi) is 6.98. The van der Waals surface area contributed by atoms with Crippen molar-refractivity contribution >= 4 is 0 Å². The second-order valence-corrected chi connectivity index (χ2v) is 4.70. The molecule has 1 unspecified atom stereocenters. The smallest absolute Gasteiger partial charge is 0.0762 e.